The smallest absolute Gasteiger partial charge is 0.205 e. The molecule has 0 radical (unpaired) electrons. The van der Waals surface area contributed by atoms with Crippen molar-refractivity contribution in [2.75, 3.05) is 0 Å². The first kappa shape index (κ1) is 18.8. The zero-order valence-corrected chi connectivity index (χ0v) is 16.3. The van der Waals surface area contributed by atoms with Gasteiger partial charge >= 0.3 is 0 Å². The molecule has 1 aliphatic carbocycles. The van der Waals surface area contributed by atoms with E-state index in [4.69, 9.17) is 15.2 Å². The fourth-order valence-electron chi connectivity index (χ4n) is 3.98. The summed E-state index contributed by atoms with van der Waals surface area (Å²) in [5, 5.41) is 9.76. The average Bonchev–Trinajstić information content (AvgIpc) is 2.72. The van der Waals surface area contributed by atoms with E-state index in [-0.39, 0.29) is 17.2 Å². The van der Waals surface area contributed by atoms with Gasteiger partial charge in [0.15, 0.2) is 5.78 Å². The lowest BCUT2D eigenvalue weighted by Gasteiger charge is -2.31. The van der Waals surface area contributed by atoms with Crippen LogP contribution in [0.5, 0.6) is 5.75 Å². The molecule has 5 heteroatoms. The zero-order chi connectivity index (χ0) is 20.4. The van der Waals surface area contributed by atoms with Crippen molar-refractivity contribution in [3.63, 3.8) is 0 Å². The summed E-state index contributed by atoms with van der Waals surface area (Å²) in [7, 11) is 0. The molecule has 2 N–H and O–H groups in total. The van der Waals surface area contributed by atoms with E-state index in [9.17, 15) is 10.1 Å². The first-order valence-electron chi connectivity index (χ1n) is 9.69. The topological polar surface area (TPSA) is 85.3 Å². The van der Waals surface area contributed by atoms with Crippen molar-refractivity contribution in [3.05, 3.63) is 88.0 Å². The van der Waals surface area contributed by atoms with Crippen LogP contribution < -0.4 is 10.5 Å². The summed E-state index contributed by atoms with van der Waals surface area (Å²) in [5.41, 5.74) is 9.81. The Bertz CT molecular complexity index is 1080. The second kappa shape index (κ2) is 7.84. The maximum Gasteiger partial charge on any atom is 0.205 e. The van der Waals surface area contributed by atoms with Gasteiger partial charge in [0.2, 0.25) is 5.88 Å². The number of para-hydroxylation sites is 1. The fourth-order valence-corrected chi connectivity index (χ4v) is 3.98. The third kappa shape index (κ3) is 3.62. The molecule has 2 aromatic carbocycles. The number of aryl methyl sites for hydroxylation is 1. The molecule has 2 aromatic rings. The van der Waals surface area contributed by atoms with Crippen LogP contribution in [0.15, 0.2) is 71.3 Å². The molecule has 1 aliphatic heterocycles. The minimum Gasteiger partial charge on any atom is -0.489 e. The van der Waals surface area contributed by atoms with E-state index in [0.717, 1.165) is 23.1 Å². The van der Waals surface area contributed by atoms with Crippen LogP contribution in [0.3, 0.4) is 0 Å². The van der Waals surface area contributed by atoms with Gasteiger partial charge in [0.25, 0.3) is 0 Å². The highest BCUT2D eigenvalue weighted by molar-refractivity contribution is 5.99. The zero-order valence-electron chi connectivity index (χ0n) is 16.3. The number of hydrogen-bond donors (Lipinski definition) is 1. The molecule has 0 bridgehead atoms. The third-order valence-electron chi connectivity index (χ3n) is 5.31. The molecule has 0 amide bonds. The Morgan fingerprint density at radius 2 is 2.03 bits per heavy atom. The van der Waals surface area contributed by atoms with E-state index in [1.807, 2.05) is 49.4 Å². The lowest BCUT2D eigenvalue weighted by atomic mass is 9.77. The van der Waals surface area contributed by atoms with Gasteiger partial charge in [-0.05, 0) is 25.0 Å². The second-order valence-electron chi connectivity index (χ2n) is 7.35. The average molecular weight is 386 g/mol. The molecule has 2 aliphatic rings. The van der Waals surface area contributed by atoms with Crippen LogP contribution in [0.25, 0.3) is 0 Å². The molecule has 0 fully saturated rings. The number of benzene rings is 2. The molecule has 146 valence electrons. The molecule has 1 atom stereocenters. The Balaban J connectivity index is 1.74. The van der Waals surface area contributed by atoms with Gasteiger partial charge in [-0.1, -0.05) is 48.0 Å². The van der Waals surface area contributed by atoms with Gasteiger partial charge in [0.1, 0.15) is 29.8 Å². The van der Waals surface area contributed by atoms with E-state index < -0.39 is 5.92 Å². The van der Waals surface area contributed by atoms with Gasteiger partial charge in [0.05, 0.1) is 5.92 Å². The van der Waals surface area contributed by atoms with E-state index in [0.29, 0.717) is 36.5 Å². The van der Waals surface area contributed by atoms with Crippen molar-refractivity contribution in [2.45, 2.75) is 38.7 Å². The van der Waals surface area contributed by atoms with Gasteiger partial charge in [-0.3, -0.25) is 4.79 Å². The number of carbonyl (C=O) groups excluding carboxylic acids is 1. The fraction of sp³-hybridized carbons (Fsp3) is 0.250. The van der Waals surface area contributed by atoms with E-state index >= 15 is 0 Å². The number of nitriles is 1. The van der Waals surface area contributed by atoms with E-state index in [1.54, 1.807) is 0 Å². The number of carbonyl (C=O) groups is 1. The first-order valence-corrected chi connectivity index (χ1v) is 9.69. The van der Waals surface area contributed by atoms with Crippen molar-refractivity contribution in [3.8, 4) is 11.8 Å². The Labute approximate surface area is 170 Å². The number of Topliss-reactive ketones (excluding diaryl/α,β-unsaturated/α-hetero) is 1. The quantitative estimate of drug-likeness (QED) is 0.842. The maximum absolute atomic E-state index is 12.8. The van der Waals surface area contributed by atoms with Gasteiger partial charge < -0.3 is 15.2 Å². The van der Waals surface area contributed by atoms with Crippen molar-refractivity contribution in [2.24, 2.45) is 5.73 Å². The number of rotatable bonds is 4. The van der Waals surface area contributed by atoms with Crippen LogP contribution in [0.1, 0.15) is 41.9 Å². The van der Waals surface area contributed by atoms with Gasteiger partial charge in [-0.25, -0.2) is 0 Å². The minimum atomic E-state index is -0.565. The number of ether oxygens (including phenoxy) is 2. The molecule has 0 saturated carbocycles. The van der Waals surface area contributed by atoms with Crippen molar-refractivity contribution in [1.82, 2.24) is 0 Å². The van der Waals surface area contributed by atoms with Crippen LogP contribution in [0.2, 0.25) is 0 Å². The third-order valence-corrected chi connectivity index (χ3v) is 5.31. The molecular weight excluding hydrogens is 364 g/mol. The highest BCUT2D eigenvalue weighted by Crippen LogP contribution is 2.45. The van der Waals surface area contributed by atoms with Crippen molar-refractivity contribution >= 4 is 5.78 Å². The SMILES string of the molecule is Cc1cccc(COc2ccccc2[C@H]2C(C#N)=C(N)OC3=C2C(=O)CCC3)c1. The monoisotopic (exact) mass is 386 g/mol. The Hall–Kier alpha value is -3.52. The summed E-state index contributed by atoms with van der Waals surface area (Å²) < 4.78 is 11.8. The summed E-state index contributed by atoms with van der Waals surface area (Å²) in [6, 6.07) is 17.8. The number of nitrogens with two attached hydrogens (primary N) is 1. The van der Waals surface area contributed by atoms with Gasteiger partial charge in [-0.2, -0.15) is 5.26 Å². The predicted octanol–water partition coefficient (Wildman–Crippen LogP) is 4.39. The van der Waals surface area contributed by atoms with E-state index in [1.165, 1.54) is 0 Å². The molecule has 1 heterocycles. The van der Waals surface area contributed by atoms with Gasteiger partial charge in [0, 0.05) is 24.0 Å². The second-order valence-corrected chi connectivity index (χ2v) is 7.35. The van der Waals surface area contributed by atoms with E-state index in [2.05, 4.69) is 12.1 Å². The standard InChI is InChI=1S/C24H22N2O3/c1-15-6-4-7-16(12-15)14-28-20-10-3-2-8-17(20)22-18(13-25)24(26)29-21-11-5-9-19(27)23(21)22/h2-4,6-8,10,12,22H,5,9,11,14,26H2,1H3/t22-/m0/s1. The summed E-state index contributed by atoms with van der Waals surface area (Å²) in [6.07, 6.45) is 1.82. The van der Waals surface area contributed by atoms with Crippen LogP contribution in [0, 0.1) is 18.3 Å². The Kier molecular flexibility index (Phi) is 5.09. The van der Waals surface area contributed by atoms with Crippen LogP contribution in [-0.4, -0.2) is 5.78 Å². The number of allylic oxidation sites excluding steroid dienone is 3. The van der Waals surface area contributed by atoms with Crippen molar-refractivity contribution < 1.29 is 14.3 Å². The minimum absolute atomic E-state index is 0.00462. The van der Waals surface area contributed by atoms with Crippen LogP contribution in [0.4, 0.5) is 0 Å². The number of nitrogens with zero attached hydrogens (tertiary/aromatic N) is 1. The molecule has 0 aromatic heterocycles. The molecule has 29 heavy (non-hydrogen) atoms. The predicted molar refractivity (Wildman–Crippen MR) is 108 cm³/mol. The summed E-state index contributed by atoms with van der Waals surface area (Å²) in [6.45, 7) is 2.43. The van der Waals surface area contributed by atoms with Crippen LogP contribution in [-0.2, 0) is 16.1 Å². The lowest BCUT2D eigenvalue weighted by molar-refractivity contribution is -0.116. The maximum atomic E-state index is 12.8. The highest BCUT2D eigenvalue weighted by Gasteiger charge is 2.39. The number of ketones is 1. The molecule has 0 saturated heterocycles. The largest absolute Gasteiger partial charge is 0.489 e. The molecule has 0 unspecified atom stereocenters. The summed E-state index contributed by atoms with van der Waals surface area (Å²) in [5.74, 6) is 0.720. The Morgan fingerprint density at radius 1 is 1.21 bits per heavy atom. The molecule has 4 rings (SSSR count). The van der Waals surface area contributed by atoms with Crippen molar-refractivity contribution in [1.29, 1.82) is 5.26 Å². The Morgan fingerprint density at radius 3 is 2.83 bits per heavy atom. The normalized spacial score (nSPS) is 18.8. The molecule has 0 spiro atoms. The van der Waals surface area contributed by atoms with Gasteiger partial charge in [-0.15, -0.1) is 0 Å². The highest BCUT2D eigenvalue weighted by atomic mass is 16.5. The number of hydrogen-bond acceptors (Lipinski definition) is 5. The van der Waals surface area contributed by atoms with Crippen LogP contribution >= 0.6 is 0 Å². The molecular formula is C24H22N2O3. The molecule has 5 nitrogen and oxygen atoms in total. The summed E-state index contributed by atoms with van der Waals surface area (Å²) >= 11 is 0. The first-order chi connectivity index (χ1) is 14.1. The lowest BCUT2D eigenvalue weighted by Crippen LogP contribution is -2.27. The summed E-state index contributed by atoms with van der Waals surface area (Å²) in [4.78, 5) is 12.8.